The summed E-state index contributed by atoms with van der Waals surface area (Å²) in [5.74, 6) is 0.745. The average Bonchev–Trinajstić information content (AvgIpc) is 3.54. The fraction of sp³-hybridized carbons (Fsp3) is 0.556. The van der Waals surface area contributed by atoms with Crippen molar-refractivity contribution in [2.24, 2.45) is 0 Å². The van der Waals surface area contributed by atoms with Crippen LogP contribution in [0.25, 0.3) is 10.9 Å². The van der Waals surface area contributed by atoms with Crippen molar-refractivity contribution in [3.63, 3.8) is 0 Å². The number of aliphatic hydroxyl groups is 1. The standard InChI is InChI=1S/C27H33N5O5/c1-17(36-19-5-6-22-21(9-19)20-7-8-35-12-18(20)10-28-22)23-11-32(30-29-23)26-13-27(14-26,16-33)31(15-26)24(34)37-25(2,3)4/h5-6,9-11,17,33H,7-8,12-16H2,1-4H3. The molecule has 196 valence electrons. The third-order valence-corrected chi connectivity index (χ3v) is 7.77. The minimum atomic E-state index is -0.611. The molecule has 10 nitrogen and oxygen atoms in total. The van der Waals surface area contributed by atoms with E-state index in [0.29, 0.717) is 38.3 Å². The number of nitrogens with zero attached hydrogens (tertiary/aromatic N) is 5. The number of carbonyl (C=O) groups is 1. The predicted octanol–water partition coefficient (Wildman–Crippen LogP) is 3.51. The van der Waals surface area contributed by atoms with Crippen molar-refractivity contribution < 1.29 is 24.1 Å². The van der Waals surface area contributed by atoms with Crippen molar-refractivity contribution in [3.05, 3.63) is 47.4 Å². The summed E-state index contributed by atoms with van der Waals surface area (Å²) in [7, 11) is 0. The zero-order valence-corrected chi connectivity index (χ0v) is 21.7. The summed E-state index contributed by atoms with van der Waals surface area (Å²) < 4.78 is 19.3. The summed E-state index contributed by atoms with van der Waals surface area (Å²) in [4.78, 5) is 19.1. The number of hydrogen-bond donors (Lipinski definition) is 1. The molecule has 2 bridgehead atoms. The monoisotopic (exact) mass is 507 g/mol. The van der Waals surface area contributed by atoms with Crippen molar-refractivity contribution in [2.75, 3.05) is 19.8 Å². The van der Waals surface area contributed by atoms with E-state index < -0.39 is 22.8 Å². The van der Waals surface area contributed by atoms with E-state index in [1.807, 2.05) is 63.0 Å². The van der Waals surface area contributed by atoms with Gasteiger partial charge in [0.2, 0.25) is 0 Å². The summed E-state index contributed by atoms with van der Waals surface area (Å²) in [6.45, 7) is 9.08. The smallest absolute Gasteiger partial charge is 0.410 e. The number of aliphatic hydroxyl groups excluding tert-OH is 1. The van der Waals surface area contributed by atoms with Crippen LogP contribution in [0.1, 0.15) is 63.5 Å². The number of pyridine rings is 1. The minimum absolute atomic E-state index is 0.109. The van der Waals surface area contributed by atoms with Gasteiger partial charge in [-0.1, -0.05) is 5.21 Å². The Morgan fingerprint density at radius 2 is 2.11 bits per heavy atom. The van der Waals surface area contributed by atoms with Gasteiger partial charge in [0.1, 0.15) is 23.1 Å². The van der Waals surface area contributed by atoms with E-state index in [2.05, 4.69) is 15.3 Å². The number of rotatable bonds is 5. The maximum atomic E-state index is 12.9. The van der Waals surface area contributed by atoms with Gasteiger partial charge in [0.15, 0.2) is 0 Å². The molecule has 37 heavy (non-hydrogen) atoms. The van der Waals surface area contributed by atoms with Crippen LogP contribution in [0, 0.1) is 0 Å². The van der Waals surface area contributed by atoms with Crippen LogP contribution in [0.2, 0.25) is 0 Å². The van der Waals surface area contributed by atoms with Crippen molar-refractivity contribution in [3.8, 4) is 5.75 Å². The number of aromatic nitrogens is 4. The molecule has 2 saturated heterocycles. The fourth-order valence-corrected chi connectivity index (χ4v) is 6.02. The Labute approximate surface area is 215 Å². The highest BCUT2D eigenvalue weighted by Crippen LogP contribution is 2.57. The molecule has 1 N–H and O–H groups in total. The van der Waals surface area contributed by atoms with Crippen LogP contribution in [0.5, 0.6) is 5.75 Å². The van der Waals surface area contributed by atoms with Gasteiger partial charge in [-0.2, -0.15) is 0 Å². The summed E-state index contributed by atoms with van der Waals surface area (Å²) >= 11 is 0. The van der Waals surface area contributed by atoms with Crippen LogP contribution in [0.4, 0.5) is 4.79 Å². The molecule has 3 aliphatic heterocycles. The van der Waals surface area contributed by atoms with Crippen molar-refractivity contribution in [1.82, 2.24) is 24.9 Å². The molecule has 0 spiro atoms. The lowest BCUT2D eigenvalue weighted by Crippen LogP contribution is -2.57. The molecule has 1 aliphatic carbocycles. The molecular formula is C27H33N5O5. The quantitative estimate of drug-likeness (QED) is 0.559. The Hall–Kier alpha value is -3.24. The third-order valence-electron chi connectivity index (χ3n) is 7.77. The second-order valence-electron chi connectivity index (χ2n) is 11.6. The number of fused-ring (bicyclic) bond motifs is 4. The Kier molecular flexibility index (Phi) is 5.47. The molecule has 10 heteroatoms. The van der Waals surface area contributed by atoms with Gasteiger partial charge in [-0.25, -0.2) is 9.48 Å². The van der Waals surface area contributed by atoms with Crippen molar-refractivity contribution in [1.29, 1.82) is 0 Å². The van der Waals surface area contributed by atoms with Gasteiger partial charge in [-0.3, -0.25) is 9.88 Å². The second kappa shape index (κ2) is 8.39. The maximum absolute atomic E-state index is 12.9. The minimum Gasteiger partial charge on any atom is -0.484 e. The first-order chi connectivity index (χ1) is 17.6. The van der Waals surface area contributed by atoms with Gasteiger partial charge in [0.05, 0.1) is 49.2 Å². The summed E-state index contributed by atoms with van der Waals surface area (Å²) in [6.07, 6.45) is 5.14. The van der Waals surface area contributed by atoms with Crippen LogP contribution in [0.3, 0.4) is 0 Å². The highest BCUT2D eigenvalue weighted by atomic mass is 16.6. The fourth-order valence-electron chi connectivity index (χ4n) is 6.02. The Balaban J connectivity index is 1.19. The first-order valence-corrected chi connectivity index (χ1v) is 12.8. The zero-order valence-electron chi connectivity index (χ0n) is 21.7. The average molecular weight is 508 g/mol. The van der Waals surface area contributed by atoms with Crippen LogP contribution >= 0.6 is 0 Å². The molecule has 4 aliphatic rings. The normalized spacial score (nSPS) is 25.5. The van der Waals surface area contributed by atoms with E-state index in [1.165, 1.54) is 5.56 Å². The third kappa shape index (κ3) is 4.02. The number of benzene rings is 1. The maximum Gasteiger partial charge on any atom is 0.410 e. The van der Waals surface area contributed by atoms with Gasteiger partial charge in [0, 0.05) is 24.4 Å². The number of amides is 1. The molecular weight excluding hydrogens is 474 g/mol. The van der Waals surface area contributed by atoms with E-state index in [0.717, 1.165) is 28.6 Å². The SMILES string of the molecule is CC(Oc1ccc2ncc3c(c2c1)CCOC3)c1cn(C23CN(C(=O)OC(C)(C)C)C(CO)(C2)C3)nn1. The first-order valence-electron chi connectivity index (χ1n) is 12.8. The summed E-state index contributed by atoms with van der Waals surface area (Å²) in [5, 5.41) is 20.0. The molecule has 2 aromatic heterocycles. The van der Waals surface area contributed by atoms with Crippen LogP contribution in [-0.2, 0) is 28.0 Å². The van der Waals surface area contributed by atoms with Crippen LogP contribution in [0.15, 0.2) is 30.6 Å². The number of ether oxygens (including phenoxy) is 3. The van der Waals surface area contributed by atoms with E-state index in [1.54, 1.807) is 4.90 Å². The Morgan fingerprint density at radius 3 is 2.86 bits per heavy atom. The van der Waals surface area contributed by atoms with Crippen molar-refractivity contribution in [2.45, 2.75) is 76.3 Å². The van der Waals surface area contributed by atoms with Crippen LogP contribution in [-0.4, -0.2) is 67.0 Å². The molecule has 3 aromatic rings. The molecule has 3 fully saturated rings. The Bertz CT molecular complexity index is 1360. The van der Waals surface area contributed by atoms with Gasteiger partial charge < -0.3 is 19.3 Å². The van der Waals surface area contributed by atoms with Crippen LogP contribution < -0.4 is 4.74 Å². The van der Waals surface area contributed by atoms with Gasteiger partial charge in [0.25, 0.3) is 0 Å². The predicted molar refractivity (Wildman–Crippen MR) is 134 cm³/mol. The zero-order chi connectivity index (χ0) is 26.0. The molecule has 1 amide bonds. The molecule has 1 atom stereocenters. The molecule has 1 aromatic carbocycles. The lowest BCUT2D eigenvalue weighted by molar-refractivity contribution is -0.0193. The highest BCUT2D eigenvalue weighted by Gasteiger charge is 2.68. The number of hydrogen-bond acceptors (Lipinski definition) is 8. The van der Waals surface area contributed by atoms with Crippen molar-refractivity contribution >= 4 is 17.0 Å². The molecule has 7 rings (SSSR count). The molecule has 1 unspecified atom stereocenters. The molecule has 1 saturated carbocycles. The largest absolute Gasteiger partial charge is 0.484 e. The summed E-state index contributed by atoms with van der Waals surface area (Å²) in [5.41, 5.74) is 2.43. The first kappa shape index (κ1) is 24.1. The van der Waals surface area contributed by atoms with Gasteiger partial charge >= 0.3 is 6.09 Å². The highest BCUT2D eigenvalue weighted by molar-refractivity contribution is 5.84. The van der Waals surface area contributed by atoms with Gasteiger partial charge in [-0.05, 0) is 63.4 Å². The summed E-state index contributed by atoms with van der Waals surface area (Å²) in [6, 6.07) is 5.96. The molecule has 5 heterocycles. The topological polar surface area (TPSA) is 112 Å². The molecule has 0 radical (unpaired) electrons. The Morgan fingerprint density at radius 1 is 1.30 bits per heavy atom. The van der Waals surface area contributed by atoms with E-state index in [-0.39, 0.29) is 12.7 Å². The van der Waals surface area contributed by atoms with E-state index >= 15 is 0 Å². The van der Waals surface area contributed by atoms with Gasteiger partial charge in [-0.15, -0.1) is 5.10 Å². The van der Waals surface area contributed by atoms with E-state index in [9.17, 15) is 9.90 Å². The second-order valence-corrected chi connectivity index (χ2v) is 11.6. The lowest BCUT2D eigenvalue weighted by atomic mass is 9.68. The van der Waals surface area contributed by atoms with E-state index in [4.69, 9.17) is 14.2 Å². The number of carbonyl (C=O) groups excluding carboxylic acids is 1. The lowest BCUT2D eigenvalue weighted by Gasteiger charge is -2.46.